The van der Waals surface area contributed by atoms with Gasteiger partial charge in [-0.25, -0.2) is 4.79 Å². The highest BCUT2D eigenvalue weighted by Crippen LogP contribution is 2.37. The van der Waals surface area contributed by atoms with Crippen molar-refractivity contribution >= 4 is 29.4 Å². The van der Waals surface area contributed by atoms with Crippen LogP contribution in [0.3, 0.4) is 0 Å². The predicted octanol–water partition coefficient (Wildman–Crippen LogP) is 3.10. The maximum atomic E-state index is 12.0. The number of amides is 2. The number of urea groups is 1. The van der Waals surface area contributed by atoms with Gasteiger partial charge in [0.15, 0.2) is 0 Å². The highest BCUT2D eigenvalue weighted by atomic mass is 35.5. The van der Waals surface area contributed by atoms with Crippen molar-refractivity contribution in [2.24, 2.45) is 0 Å². The van der Waals surface area contributed by atoms with Gasteiger partial charge in [-0.1, -0.05) is 11.6 Å². The zero-order chi connectivity index (χ0) is 14.7. The largest absolute Gasteiger partial charge is 0.333 e. The molecule has 1 unspecified atom stereocenters. The first-order valence-corrected chi connectivity index (χ1v) is 8.03. The van der Waals surface area contributed by atoms with E-state index in [1.807, 2.05) is 24.3 Å². The van der Waals surface area contributed by atoms with E-state index in [2.05, 4.69) is 20.8 Å². The van der Waals surface area contributed by atoms with E-state index in [-0.39, 0.29) is 12.1 Å². The molecule has 7 heteroatoms. The van der Waals surface area contributed by atoms with E-state index in [0.29, 0.717) is 11.6 Å². The number of aromatic amines is 1. The number of halogens is 1. The van der Waals surface area contributed by atoms with Gasteiger partial charge in [0.05, 0.1) is 18.3 Å². The molecule has 0 radical (unpaired) electrons. The van der Waals surface area contributed by atoms with Crippen LogP contribution < -0.4 is 10.6 Å². The summed E-state index contributed by atoms with van der Waals surface area (Å²) in [4.78, 5) is 13.2. The van der Waals surface area contributed by atoms with Crippen LogP contribution in [0.5, 0.6) is 0 Å². The minimum Gasteiger partial charge on any atom is -0.333 e. The van der Waals surface area contributed by atoms with Gasteiger partial charge in [-0.15, -0.1) is 11.8 Å². The normalized spacial score (nSPS) is 17.1. The molecule has 110 valence electrons. The first-order chi connectivity index (χ1) is 10.2. The van der Waals surface area contributed by atoms with E-state index >= 15 is 0 Å². The number of nitrogens with one attached hydrogen (secondary N) is 3. The molecule has 0 spiro atoms. The Morgan fingerprint density at radius 3 is 3.19 bits per heavy atom. The molecule has 1 aromatic heterocycles. The van der Waals surface area contributed by atoms with Gasteiger partial charge in [0.25, 0.3) is 0 Å². The Kier molecular flexibility index (Phi) is 4.36. The van der Waals surface area contributed by atoms with E-state index in [0.717, 1.165) is 23.4 Å². The summed E-state index contributed by atoms with van der Waals surface area (Å²) in [5.74, 6) is 0.986. The second-order valence-corrected chi connectivity index (χ2v) is 6.35. The monoisotopic (exact) mass is 322 g/mol. The van der Waals surface area contributed by atoms with Gasteiger partial charge >= 0.3 is 6.03 Å². The van der Waals surface area contributed by atoms with Crippen molar-refractivity contribution in [3.63, 3.8) is 0 Å². The summed E-state index contributed by atoms with van der Waals surface area (Å²) in [5, 5.41) is 13.2. The summed E-state index contributed by atoms with van der Waals surface area (Å²) in [6.07, 6.45) is 2.56. The van der Waals surface area contributed by atoms with Crippen LogP contribution in [0.25, 0.3) is 0 Å². The fraction of sp³-hybridized carbons (Fsp3) is 0.286. The Balaban J connectivity index is 1.63. The third-order valence-corrected chi connectivity index (χ3v) is 4.67. The van der Waals surface area contributed by atoms with Crippen LogP contribution in [0, 0.1) is 0 Å². The summed E-state index contributed by atoms with van der Waals surface area (Å²) in [6.45, 7) is 0.426. The first-order valence-electron chi connectivity index (χ1n) is 6.67. The van der Waals surface area contributed by atoms with Gasteiger partial charge in [-0.05, 0) is 36.2 Å². The van der Waals surface area contributed by atoms with Gasteiger partial charge in [0.1, 0.15) is 0 Å². The summed E-state index contributed by atoms with van der Waals surface area (Å²) in [7, 11) is 0. The average Bonchev–Trinajstić information content (AvgIpc) is 2.99. The maximum absolute atomic E-state index is 12.0. The van der Waals surface area contributed by atoms with E-state index in [1.54, 1.807) is 18.0 Å². The molecule has 0 saturated carbocycles. The van der Waals surface area contributed by atoms with Gasteiger partial charge in [-0.2, -0.15) is 5.10 Å². The molecule has 1 aliphatic heterocycles. The van der Waals surface area contributed by atoms with Gasteiger partial charge in [0.2, 0.25) is 0 Å². The number of benzene rings is 1. The van der Waals surface area contributed by atoms with Crippen LogP contribution in [-0.2, 0) is 6.54 Å². The highest BCUT2D eigenvalue weighted by Gasteiger charge is 2.22. The zero-order valence-electron chi connectivity index (χ0n) is 11.2. The topological polar surface area (TPSA) is 69.8 Å². The number of H-pyrrole nitrogens is 1. The number of carbonyl (C=O) groups excluding carboxylic acids is 1. The molecule has 3 N–H and O–H groups in total. The third kappa shape index (κ3) is 3.51. The quantitative estimate of drug-likeness (QED) is 0.813. The molecule has 3 rings (SSSR count). The number of nitrogens with zero attached hydrogens (tertiary/aromatic N) is 1. The molecular weight excluding hydrogens is 308 g/mol. The number of thioether (sulfide) groups is 1. The standard InChI is InChI=1S/C14H15ClN4OS/c15-9-1-2-13-11(7-9)12(4-6-21-13)18-14(20)16-8-10-3-5-17-19-10/h1-3,5,7,12H,4,6,8H2,(H,17,19)(H2,16,18,20). The minimum absolute atomic E-state index is 0.00159. The van der Waals surface area contributed by atoms with E-state index in [4.69, 9.17) is 11.6 Å². The highest BCUT2D eigenvalue weighted by molar-refractivity contribution is 7.99. The zero-order valence-corrected chi connectivity index (χ0v) is 12.8. The lowest BCUT2D eigenvalue weighted by Gasteiger charge is -2.26. The van der Waals surface area contributed by atoms with Crippen molar-refractivity contribution in [1.82, 2.24) is 20.8 Å². The lowest BCUT2D eigenvalue weighted by Crippen LogP contribution is -2.38. The Hall–Kier alpha value is -1.66. The van der Waals surface area contributed by atoms with Crippen LogP contribution in [-0.4, -0.2) is 22.0 Å². The summed E-state index contributed by atoms with van der Waals surface area (Å²) in [5.41, 5.74) is 1.96. The summed E-state index contributed by atoms with van der Waals surface area (Å²) < 4.78 is 0. The Bertz CT molecular complexity index is 632. The molecule has 0 fully saturated rings. The Morgan fingerprint density at radius 1 is 1.48 bits per heavy atom. The van der Waals surface area contributed by atoms with Crippen LogP contribution in [0.15, 0.2) is 35.4 Å². The summed E-state index contributed by atoms with van der Waals surface area (Å²) >= 11 is 7.85. The van der Waals surface area contributed by atoms with Crippen molar-refractivity contribution in [3.8, 4) is 0 Å². The second kappa shape index (κ2) is 6.41. The van der Waals surface area contributed by atoms with Gasteiger partial charge < -0.3 is 10.6 Å². The number of fused-ring (bicyclic) bond motifs is 1. The SMILES string of the molecule is O=C(NCc1ccn[nH]1)NC1CCSc2ccc(Cl)cc21. The molecular formula is C14H15ClN4OS. The molecule has 1 aliphatic rings. The molecule has 2 aromatic rings. The Morgan fingerprint density at radius 2 is 2.38 bits per heavy atom. The van der Waals surface area contributed by atoms with Crippen LogP contribution in [0.1, 0.15) is 23.7 Å². The lowest BCUT2D eigenvalue weighted by atomic mass is 10.0. The minimum atomic E-state index is -0.188. The molecule has 0 bridgehead atoms. The number of rotatable bonds is 3. The van der Waals surface area contributed by atoms with Crippen molar-refractivity contribution in [1.29, 1.82) is 0 Å². The van der Waals surface area contributed by atoms with E-state index < -0.39 is 0 Å². The predicted molar refractivity (Wildman–Crippen MR) is 83.5 cm³/mol. The molecule has 2 amide bonds. The number of hydrogen-bond donors (Lipinski definition) is 3. The second-order valence-electron chi connectivity index (χ2n) is 4.78. The van der Waals surface area contributed by atoms with Crippen molar-refractivity contribution in [2.45, 2.75) is 23.9 Å². The fourth-order valence-corrected chi connectivity index (χ4v) is 3.57. The molecule has 1 atom stereocenters. The van der Waals surface area contributed by atoms with Gasteiger partial charge in [-0.3, -0.25) is 5.10 Å². The maximum Gasteiger partial charge on any atom is 0.315 e. The van der Waals surface area contributed by atoms with Crippen LogP contribution >= 0.6 is 23.4 Å². The Labute approximate surface area is 131 Å². The van der Waals surface area contributed by atoms with Crippen molar-refractivity contribution in [3.05, 3.63) is 46.7 Å². The van der Waals surface area contributed by atoms with E-state index in [1.165, 1.54) is 4.90 Å². The fourth-order valence-electron chi connectivity index (χ4n) is 2.28. The van der Waals surface area contributed by atoms with Crippen LogP contribution in [0.4, 0.5) is 4.79 Å². The summed E-state index contributed by atoms with van der Waals surface area (Å²) in [6, 6.07) is 7.47. The molecule has 0 aliphatic carbocycles. The third-order valence-electron chi connectivity index (χ3n) is 3.31. The number of hydrogen-bond acceptors (Lipinski definition) is 3. The average molecular weight is 323 g/mol. The van der Waals surface area contributed by atoms with E-state index in [9.17, 15) is 4.79 Å². The van der Waals surface area contributed by atoms with Crippen molar-refractivity contribution < 1.29 is 4.79 Å². The molecule has 2 heterocycles. The number of aromatic nitrogens is 2. The number of carbonyl (C=O) groups is 1. The first kappa shape index (κ1) is 14.3. The molecule has 21 heavy (non-hydrogen) atoms. The smallest absolute Gasteiger partial charge is 0.315 e. The van der Waals surface area contributed by atoms with Gasteiger partial charge in [0, 0.05) is 21.9 Å². The van der Waals surface area contributed by atoms with Crippen LogP contribution in [0.2, 0.25) is 5.02 Å². The molecule has 5 nitrogen and oxygen atoms in total. The van der Waals surface area contributed by atoms with Crippen molar-refractivity contribution in [2.75, 3.05) is 5.75 Å². The lowest BCUT2D eigenvalue weighted by molar-refractivity contribution is 0.236. The molecule has 1 aromatic carbocycles. The molecule has 0 saturated heterocycles.